The third-order valence-corrected chi connectivity index (χ3v) is 10.8. The Bertz CT molecular complexity index is 1860. The fraction of sp³-hybridized carbons (Fsp3) is 0.286. The molecule has 9 nitrogen and oxygen atoms in total. The zero-order valence-corrected chi connectivity index (χ0v) is 26.6. The molecule has 2 heterocycles. The monoisotopic (exact) mass is 702 g/mol. The van der Waals surface area contributed by atoms with Crippen molar-refractivity contribution >= 4 is 62.8 Å². The molecule has 7 rings (SSSR count). The zero-order chi connectivity index (χ0) is 32.5. The molecule has 0 aromatic heterocycles. The molecule has 4 amide bonds. The Hall–Kier alpha value is -4.28. The van der Waals surface area contributed by atoms with E-state index in [1.165, 1.54) is 11.0 Å². The topological polar surface area (TPSA) is 132 Å². The largest absolute Gasteiger partial charge is 0.508 e. The third-order valence-electron chi connectivity index (χ3n) is 10.1. The van der Waals surface area contributed by atoms with Crippen molar-refractivity contribution in [2.24, 2.45) is 23.7 Å². The summed E-state index contributed by atoms with van der Waals surface area (Å²) < 4.78 is 0.645. The van der Waals surface area contributed by atoms with Crippen LogP contribution in [0.4, 0.5) is 5.69 Å². The van der Waals surface area contributed by atoms with E-state index >= 15 is 4.79 Å². The molecular weight excluding hydrogens is 676 g/mol. The minimum Gasteiger partial charge on any atom is -0.508 e. The minimum absolute atomic E-state index is 0.0794. The molecule has 3 aromatic carbocycles. The molecule has 46 heavy (non-hydrogen) atoms. The second-order valence-corrected chi connectivity index (χ2v) is 13.6. The number of carbonyl (C=O) groups is 5. The molecule has 3 fully saturated rings. The van der Waals surface area contributed by atoms with Gasteiger partial charge in [-0.1, -0.05) is 75.6 Å². The molecule has 6 atom stereocenters. The Morgan fingerprint density at radius 2 is 1.70 bits per heavy atom. The third kappa shape index (κ3) is 4.37. The highest BCUT2D eigenvalue weighted by Crippen LogP contribution is 2.65. The van der Waals surface area contributed by atoms with Gasteiger partial charge in [0.1, 0.15) is 5.75 Å². The molecule has 2 saturated heterocycles. The number of allylic oxidation sites excluding steroid dienone is 2. The van der Waals surface area contributed by atoms with E-state index in [4.69, 9.17) is 11.6 Å². The Morgan fingerprint density at radius 1 is 0.935 bits per heavy atom. The number of carbonyl (C=O) groups excluding carboxylic acids is 4. The molecule has 4 aliphatic rings. The molecular formula is C35H28BrClN2O7. The number of anilines is 1. The lowest BCUT2D eigenvalue weighted by Crippen LogP contribution is -2.53. The van der Waals surface area contributed by atoms with Gasteiger partial charge < -0.3 is 10.2 Å². The number of carboxylic acid groups (broad SMARTS) is 1. The van der Waals surface area contributed by atoms with Crippen molar-refractivity contribution in [3.63, 3.8) is 0 Å². The first-order chi connectivity index (χ1) is 22.0. The van der Waals surface area contributed by atoms with Gasteiger partial charge in [-0.2, -0.15) is 0 Å². The number of halogens is 2. The fourth-order valence-electron chi connectivity index (χ4n) is 8.34. The van der Waals surface area contributed by atoms with Gasteiger partial charge in [-0.25, -0.2) is 4.90 Å². The lowest BCUT2D eigenvalue weighted by atomic mass is 9.49. The Labute approximate surface area is 277 Å². The number of likely N-dealkylation sites (tertiary alicyclic amines) is 1. The van der Waals surface area contributed by atoms with E-state index in [0.717, 1.165) is 4.90 Å². The van der Waals surface area contributed by atoms with Gasteiger partial charge in [0.2, 0.25) is 23.6 Å². The lowest BCUT2D eigenvalue weighted by Gasteiger charge is -2.50. The van der Waals surface area contributed by atoms with Gasteiger partial charge >= 0.3 is 5.97 Å². The van der Waals surface area contributed by atoms with Gasteiger partial charge in [0.15, 0.2) is 0 Å². The van der Waals surface area contributed by atoms with Gasteiger partial charge in [-0.3, -0.25) is 28.9 Å². The first-order valence-electron chi connectivity index (χ1n) is 15.0. The highest BCUT2D eigenvalue weighted by atomic mass is 79.9. The van der Waals surface area contributed by atoms with Gasteiger partial charge in [0.05, 0.1) is 35.3 Å². The summed E-state index contributed by atoms with van der Waals surface area (Å²) in [7, 11) is 0. The van der Waals surface area contributed by atoms with Crippen molar-refractivity contribution in [3.8, 4) is 5.75 Å². The van der Waals surface area contributed by atoms with Crippen LogP contribution in [-0.4, -0.2) is 51.3 Å². The number of rotatable bonds is 6. The van der Waals surface area contributed by atoms with Gasteiger partial charge in [0, 0.05) is 27.5 Å². The average Bonchev–Trinajstić information content (AvgIpc) is 3.42. The summed E-state index contributed by atoms with van der Waals surface area (Å²) in [4.78, 5) is 70.8. The maximum atomic E-state index is 15.1. The number of fused-ring (bicyclic) bond motifs is 4. The van der Waals surface area contributed by atoms with E-state index in [1.54, 1.807) is 48.5 Å². The van der Waals surface area contributed by atoms with Crippen molar-refractivity contribution in [2.75, 3.05) is 11.4 Å². The maximum absolute atomic E-state index is 15.1. The molecule has 0 bridgehead atoms. The minimum atomic E-state index is -1.51. The Morgan fingerprint density at radius 3 is 2.41 bits per heavy atom. The van der Waals surface area contributed by atoms with Crippen molar-refractivity contribution in [2.45, 2.75) is 30.6 Å². The number of phenols is 1. The molecule has 2 N–H and O–H groups in total. The van der Waals surface area contributed by atoms with Gasteiger partial charge in [-0.15, -0.1) is 0 Å². The second-order valence-electron chi connectivity index (χ2n) is 12.3. The summed E-state index contributed by atoms with van der Waals surface area (Å²) in [6, 6.07) is 20.5. The van der Waals surface area contributed by atoms with Gasteiger partial charge in [0.25, 0.3) is 0 Å². The number of benzene rings is 3. The van der Waals surface area contributed by atoms with Crippen LogP contribution in [0.25, 0.3) is 0 Å². The van der Waals surface area contributed by atoms with Crippen LogP contribution in [0.1, 0.15) is 36.3 Å². The number of aromatic hydroxyl groups is 1. The van der Waals surface area contributed by atoms with Crippen molar-refractivity contribution in [3.05, 3.63) is 105 Å². The number of imide groups is 2. The van der Waals surface area contributed by atoms with Gasteiger partial charge in [-0.05, 0) is 60.7 Å². The van der Waals surface area contributed by atoms with E-state index in [2.05, 4.69) is 15.9 Å². The molecule has 2 aliphatic heterocycles. The van der Waals surface area contributed by atoms with Crippen molar-refractivity contribution < 1.29 is 34.2 Å². The van der Waals surface area contributed by atoms with Crippen LogP contribution in [0.2, 0.25) is 5.02 Å². The molecule has 3 aromatic rings. The molecule has 0 radical (unpaired) electrons. The average molecular weight is 704 g/mol. The molecule has 1 saturated carbocycles. The Kier molecular flexibility index (Phi) is 7.40. The molecule has 234 valence electrons. The smallest absolute Gasteiger partial charge is 0.305 e. The van der Waals surface area contributed by atoms with E-state index in [1.807, 2.05) is 24.3 Å². The number of hydrogen-bond donors (Lipinski definition) is 2. The molecule has 2 aliphatic carbocycles. The fourth-order valence-corrected chi connectivity index (χ4v) is 8.90. The normalized spacial score (nSPS) is 28.6. The van der Waals surface area contributed by atoms with Crippen molar-refractivity contribution in [1.29, 1.82) is 0 Å². The van der Waals surface area contributed by atoms with Crippen molar-refractivity contribution in [1.82, 2.24) is 4.90 Å². The van der Waals surface area contributed by atoms with Crippen LogP contribution in [-0.2, 0) is 29.4 Å². The lowest BCUT2D eigenvalue weighted by molar-refractivity contribution is -0.142. The SMILES string of the molecule is O=C(O)CCN1C(=O)[C@H]2[C@H](CC=C3[C@H]2C[C@H]2C(=O)N(c4cccc(Cl)c4)C(=O)[C@@]2(c2ccccc2)[C@H]3c2cc(Br)ccc2O)C1=O. The highest BCUT2D eigenvalue weighted by Gasteiger charge is 2.70. The number of carboxylic acids is 1. The summed E-state index contributed by atoms with van der Waals surface area (Å²) in [5, 5.41) is 21.0. The first-order valence-corrected chi connectivity index (χ1v) is 16.2. The summed E-state index contributed by atoms with van der Waals surface area (Å²) in [5.41, 5.74) is 0.496. The van der Waals surface area contributed by atoms with Crippen LogP contribution in [0.5, 0.6) is 5.75 Å². The predicted molar refractivity (Wildman–Crippen MR) is 171 cm³/mol. The first kappa shape index (κ1) is 30.4. The Balaban J connectivity index is 1.47. The summed E-state index contributed by atoms with van der Waals surface area (Å²) >= 11 is 9.85. The molecule has 0 unspecified atom stereocenters. The van der Waals surface area contributed by atoms with Crippen LogP contribution in [0.15, 0.2) is 88.9 Å². The molecule has 11 heteroatoms. The standard InChI is InChI=1S/C35H28BrClN2O7/c36-19-9-12-27(40)25(15-19)30-22-10-11-23-29(33(45)38(31(23)43)14-13-28(41)42)24(22)17-26-32(44)39(21-8-4-7-20(37)16-21)34(46)35(26,30)18-5-2-1-3-6-18/h1-10,12,15-16,23-24,26,29-30,40H,11,13-14,17H2,(H,41,42)/t23-,24+,26-,29-,30+,35+/m0/s1. The number of amides is 4. The maximum Gasteiger partial charge on any atom is 0.305 e. The number of aliphatic carboxylic acids is 1. The molecule has 0 spiro atoms. The second kappa shape index (κ2) is 11.2. The number of hydrogen-bond acceptors (Lipinski definition) is 6. The van der Waals surface area contributed by atoms with E-state index < -0.39 is 64.6 Å². The quantitative estimate of drug-likeness (QED) is 0.258. The predicted octanol–water partition coefficient (Wildman–Crippen LogP) is 5.45. The number of nitrogens with zero attached hydrogens (tertiary/aromatic N) is 2. The van der Waals surface area contributed by atoms with Crippen LogP contribution in [0, 0.1) is 23.7 Å². The highest BCUT2D eigenvalue weighted by molar-refractivity contribution is 9.10. The van der Waals surface area contributed by atoms with E-state index in [-0.39, 0.29) is 31.6 Å². The number of phenolic OH excluding ortho intramolecular Hbond substituents is 1. The van der Waals surface area contributed by atoms with Crippen LogP contribution >= 0.6 is 27.5 Å². The summed E-state index contributed by atoms with van der Waals surface area (Å²) in [5.74, 6) is -7.06. The zero-order valence-electron chi connectivity index (χ0n) is 24.3. The van der Waals surface area contributed by atoms with E-state index in [9.17, 15) is 29.4 Å². The van der Waals surface area contributed by atoms with E-state index in [0.29, 0.717) is 31.9 Å². The van der Waals surface area contributed by atoms with Crippen LogP contribution < -0.4 is 4.90 Å². The van der Waals surface area contributed by atoms with Crippen LogP contribution in [0.3, 0.4) is 0 Å². The summed E-state index contributed by atoms with van der Waals surface area (Å²) in [6.07, 6.45) is 1.81. The summed E-state index contributed by atoms with van der Waals surface area (Å²) in [6.45, 7) is -0.241.